The number of amides is 1. The Hall–Kier alpha value is -3.05. The Balaban J connectivity index is 1.53. The Kier molecular flexibility index (Phi) is 7.09. The Morgan fingerprint density at radius 3 is 2.59 bits per heavy atom. The van der Waals surface area contributed by atoms with E-state index >= 15 is 0 Å². The second-order valence-corrected chi connectivity index (χ2v) is 7.19. The Morgan fingerprint density at radius 1 is 1.07 bits per heavy atom. The first-order valence-corrected chi connectivity index (χ1v) is 9.78. The van der Waals surface area contributed by atoms with Gasteiger partial charge >= 0.3 is 0 Å². The SMILES string of the molecule is COc1cccc([C@@H](CNC(=O)CCc2ccc(-c3ccccc3)o2)N(C)C)c1. The molecule has 29 heavy (non-hydrogen) atoms. The highest BCUT2D eigenvalue weighted by Crippen LogP contribution is 2.23. The molecule has 0 aliphatic carbocycles. The molecule has 0 bridgehead atoms. The Bertz CT molecular complexity index is 919. The number of carbonyl (C=O) groups is 1. The van der Waals surface area contributed by atoms with Crippen molar-refractivity contribution in [2.24, 2.45) is 0 Å². The minimum Gasteiger partial charge on any atom is -0.497 e. The van der Waals surface area contributed by atoms with Crippen LogP contribution in [0.3, 0.4) is 0 Å². The first-order valence-electron chi connectivity index (χ1n) is 9.78. The predicted molar refractivity (Wildman–Crippen MR) is 115 cm³/mol. The molecular formula is C24H28N2O3. The maximum absolute atomic E-state index is 12.4. The molecule has 1 amide bonds. The van der Waals surface area contributed by atoms with Crippen LogP contribution in [0, 0.1) is 0 Å². The maximum Gasteiger partial charge on any atom is 0.220 e. The number of carbonyl (C=O) groups excluding carboxylic acids is 1. The number of aryl methyl sites for hydroxylation is 1. The summed E-state index contributed by atoms with van der Waals surface area (Å²) in [6, 6.07) is 21.9. The smallest absolute Gasteiger partial charge is 0.220 e. The van der Waals surface area contributed by atoms with Crippen LogP contribution in [0.25, 0.3) is 11.3 Å². The summed E-state index contributed by atoms with van der Waals surface area (Å²) < 4.78 is 11.2. The number of benzene rings is 2. The van der Waals surface area contributed by atoms with Gasteiger partial charge in [-0.1, -0.05) is 42.5 Å². The zero-order valence-corrected chi connectivity index (χ0v) is 17.2. The number of hydrogen-bond acceptors (Lipinski definition) is 4. The number of ether oxygens (including phenoxy) is 1. The molecule has 0 radical (unpaired) electrons. The molecule has 1 N–H and O–H groups in total. The minimum atomic E-state index is 0.0115. The van der Waals surface area contributed by atoms with Gasteiger partial charge in [0, 0.05) is 24.9 Å². The van der Waals surface area contributed by atoms with Crippen LogP contribution in [0.15, 0.2) is 71.1 Å². The van der Waals surface area contributed by atoms with Crippen LogP contribution in [-0.4, -0.2) is 38.6 Å². The number of hydrogen-bond donors (Lipinski definition) is 1. The molecule has 5 heteroatoms. The molecule has 0 saturated carbocycles. The van der Waals surface area contributed by atoms with Gasteiger partial charge in [0.1, 0.15) is 17.3 Å². The van der Waals surface area contributed by atoms with Crippen molar-refractivity contribution in [3.8, 4) is 17.1 Å². The molecule has 1 aromatic heterocycles. The van der Waals surface area contributed by atoms with Crippen molar-refractivity contribution in [3.05, 3.63) is 78.1 Å². The van der Waals surface area contributed by atoms with E-state index in [-0.39, 0.29) is 11.9 Å². The fourth-order valence-corrected chi connectivity index (χ4v) is 3.25. The van der Waals surface area contributed by atoms with Crippen LogP contribution < -0.4 is 10.1 Å². The van der Waals surface area contributed by atoms with E-state index < -0.39 is 0 Å². The monoisotopic (exact) mass is 392 g/mol. The van der Waals surface area contributed by atoms with Gasteiger partial charge in [-0.25, -0.2) is 0 Å². The highest BCUT2D eigenvalue weighted by Gasteiger charge is 2.16. The van der Waals surface area contributed by atoms with E-state index in [4.69, 9.17) is 9.15 Å². The summed E-state index contributed by atoms with van der Waals surface area (Å²) in [7, 11) is 5.66. The zero-order chi connectivity index (χ0) is 20.6. The van der Waals surface area contributed by atoms with Gasteiger partial charge in [0.05, 0.1) is 13.2 Å². The quantitative estimate of drug-likeness (QED) is 0.590. The van der Waals surface area contributed by atoms with Gasteiger partial charge in [0.15, 0.2) is 0 Å². The summed E-state index contributed by atoms with van der Waals surface area (Å²) >= 11 is 0. The fraction of sp³-hybridized carbons (Fsp3) is 0.292. The predicted octanol–water partition coefficient (Wildman–Crippen LogP) is 4.31. The molecular weight excluding hydrogens is 364 g/mol. The summed E-state index contributed by atoms with van der Waals surface area (Å²) in [6.45, 7) is 0.534. The molecule has 0 fully saturated rings. The number of likely N-dealkylation sites (N-methyl/N-ethyl adjacent to an activating group) is 1. The summed E-state index contributed by atoms with van der Waals surface area (Å²) in [5.41, 5.74) is 2.14. The van der Waals surface area contributed by atoms with Crippen molar-refractivity contribution < 1.29 is 13.9 Å². The fourth-order valence-electron chi connectivity index (χ4n) is 3.25. The number of rotatable bonds is 9. The highest BCUT2D eigenvalue weighted by atomic mass is 16.5. The molecule has 0 aliphatic heterocycles. The van der Waals surface area contributed by atoms with Gasteiger partial charge < -0.3 is 19.4 Å². The van der Waals surface area contributed by atoms with Gasteiger partial charge in [0.25, 0.3) is 0 Å². The highest BCUT2D eigenvalue weighted by molar-refractivity contribution is 5.76. The molecule has 0 unspecified atom stereocenters. The molecule has 3 aromatic rings. The average Bonchev–Trinajstić information content (AvgIpc) is 3.22. The summed E-state index contributed by atoms with van der Waals surface area (Å²) in [5, 5.41) is 3.05. The largest absolute Gasteiger partial charge is 0.497 e. The van der Waals surface area contributed by atoms with E-state index in [0.29, 0.717) is 19.4 Å². The van der Waals surface area contributed by atoms with E-state index in [2.05, 4.69) is 10.2 Å². The van der Waals surface area contributed by atoms with Crippen molar-refractivity contribution in [2.45, 2.75) is 18.9 Å². The van der Waals surface area contributed by atoms with E-state index in [1.54, 1.807) is 7.11 Å². The van der Waals surface area contributed by atoms with Crippen LogP contribution in [-0.2, 0) is 11.2 Å². The van der Waals surface area contributed by atoms with Crippen molar-refractivity contribution in [1.82, 2.24) is 10.2 Å². The third-order valence-electron chi connectivity index (χ3n) is 4.91. The van der Waals surface area contributed by atoms with Crippen molar-refractivity contribution in [1.29, 1.82) is 0 Å². The lowest BCUT2D eigenvalue weighted by molar-refractivity contribution is -0.121. The molecule has 0 saturated heterocycles. The third kappa shape index (κ3) is 5.72. The van der Waals surface area contributed by atoms with E-state index in [1.165, 1.54) is 0 Å². The van der Waals surface area contributed by atoms with Crippen molar-refractivity contribution in [3.63, 3.8) is 0 Å². The average molecular weight is 392 g/mol. The Morgan fingerprint density at radius 2 is 1.86 bits per heavy atom. The van der Waals surface area contributed by atoms with Gasteiger partial charge in [-0.15, -0.1) is 0 Å². The standard InChI is InChI=1S/C24H28N2O3/c1-26(2)22(19-10-7-11-21(16-19)28-3)17-25-24(27)15-13-20-12-14-23(29-20)18-8-5-4-6-9-18/h4-12,14,16,22H,13,15,17H2,1-3H3,(H,25,27)/t22-/m1/s1. The van der Waals surface area contributed by atoms with Crippen molar-refractivity contribution in [2.75, 3.05) is 27.7 Å². The second-order valence-electron chi connectivity index (χ2n) is 7.19. The molecule has 3 rings (SSSR count). The van der Waals surface area contributed by atoms with Gasteiger partial charge in [-0.05, 0) is 43.9 Å². The van der Waals surface area contributed by atoms with E-state index in [9.17, 15) is 4.79 Å². The van der Waals surface area contributed by atoms with E-state index in [1.807, 2.05) is 80.8 Å². The Labute approximate surface area is 172 Å². The zero-order valence-electron chi connectivity index (χ0n) is 17.2. The third-order valence-corrected chi connectivity index (χ3v) is 4.91. The summed E-state index contributed by atoms with van der Waals surface area (Å²) in [5.74, 6) is 2.47. The topological polar surface area (TPSA) is 54.7 Å². The molecule has 0 spiro atoms. The van der Waals surface area contributed by atoms with E-state index in [0.717, 1.165) is 28.4 Å². The lowest BCUT2D eigenvalue weighted by Gasteiger charge is -2.25. The van der Waals surface area contributed by atoms with Crippen LogP contribution in [0.1, 0.15) is 23.8 Å². The molecule has 2 aromatic carbocycles. The van der Waals surface area contributed by atoms with Gasteiger partial charge in [0.2, 0.25) is 5.91 Å². The van der Waals surface area contributed by atoms with Crippen LogP contribution >= 0.6 is 0 Å². The normalized spacial score (nSPS) is 12.0. The number of furan rings is 1. The van der Waals surface area contributed by atoms with Crippen LogP contribution in [0.2, 0.25) is 0 Å². The minimum absolute atomic E-state index is 0.0115. The summed E-state index contributed by atoms with van der Waals surface area (Å²) in [4.78, 5) is 14.5. The molecule has 1 heterocycles. The lowest BCUT2D eigenvalue weighted by atomic mass is 10.1. The first kappa shape index (κ1) is 20.7. The van der Waals surface area contributed by atoms with Gasteiger partial charge in [-0.3, -0.25) is 4.79 Å². The first-order chi connectivity index (χ1) is 14.1. The number of nitrogens with one attached hydrogen (secondary N) is 1. The van der Waals surface area contributed by atoms with Crippen molar-refractivity contribution >= 4 is 5.91 Å². The second kappa shape index (κ2) is 9.94. The molecule has 0 aliphatic rings. The molecule has 152 valence electrons. The number of methoxy groups -OCH3 is 1. The molecule has 5 nitrogen and oxygen atoms in total. The summed E-state index contributed by atoms with van der Waals surface area (Å²) in [6.07, 6.45) is 0.963. The van der Waals surface area contributed by atoms with Crippen LogP contribution in [0.5, 0.6) is 5.75 Å². The van der Waals surface area contributed by atoms with Crippen LogP contribution in [0.4, 0.5) is 0 Å². The van der Waals surface area contributed by atoms with Gasteiger partial charge in [-0.2, -0.15) is 0 Å². The number of nitrogens with zero attached hydrogens (tertiary/aromatic N) is 1. The molecule has 1 atom stereocenters. The lowest BCUT2D eigenvalue weighted by Crippen LogP contribution is -2.34. The maximum atomic E-state index is 12.4.